The summed E-state index contributed by atoms with van der Waals surface area (Å²) in [5, 5.41) is 20.5. The average molecular weight is 357 g/mol. The average Bonchev–Trinajstić information content (AvgIpc) is 2.87. The van der Waals surface area contributed by atoms with Crippen molar-refractivity contribution in [3.8, 4) is 6.07 Å². The van der Waals surface area contributed by atoms with Crippen molar-refractivity contribution in [3.05, 3.63) is 11.6 Å². The lowest BCUT2D eigenvalue weighted by Crippen LogP contribution is -2.54. The van der Waals surface area contributed by atoms with E-state index in [1.807, 2.05) is 0 Å². The molecule has 4 nitrogen and oxygen atoms in total. The van der Waals surface area contributed by atoms with Crippen LogP contribution < -0.4 is 0 Å². The number of nitrogens with zero attached hydrogens (tertiary/aromatic N) is 1. The third kappa shape index (κ3) is 2.32. The molecule has 4 heteroatoms. The normalized spacial score (nSPS) is 49.9. The van der Waals surface area contributed by atoms with Crippen LogP contribution in [0.3, 0.4) is 0 Å². The monoisotopic (exact) mass is 357 g/mol. The van der Waals surface area contributed by atoms with Crippen LogP contribution in [0.1, 0.15) is 72.1 Å². The first-order valence-electron chi connectivity index (χ1n) is 10.2. The Kier molecular flexibility index (Phi) is 4.04. The molecule has 0 amide bonds. The van der Waals surface area contributed by atoms with Crippen LogP contribution >= 0.6 is 0 Å². The molecule has 4 aliphatic carbocycles. The van der Waals surface area contributed by atoms with Gasteiger partial charge in [-0.3, -0.25) is 4.79 Å². The molecule has 4 aliphatic rings. The van der Waals surface area contributed by atoms with Gasteiger partial charge in [0.05, 0.1) is 6.07 Å². The van der Waals surface area contributed by atoms with Gasteiger partial charge in [-0.1, -0.05) is 25.5 Å². The molecule has 7 atom stereocenters. The van der Waals surface area contributed by atoms with Crippen LogP contribution in [0.25, 0.3) is 0 Å². The number of ether oxygens (including phenoxy) is 1. The molecule has 0 aliphatic heterocycles. The summed E-state index contributed by atoms with van der Waals surface area (Å²) in [5.74, 6) is 1.45. The van der Waals surface area contributed by atoms with E-state index in [9.17, 15) is 15.2 Å². The van der Waals surface area contributed by atoms with Gasteiger partial charge in [-0.15, -0.1) is 0 Å². The first-order chi connectivity index (χ1) is 12.2. The maximum Gasteiger partial charge on any atom is 0.302 e. The quantitative estimate of drug-likeness (QED) is 0.435. The summed E-state index contributed by atoms with van der Waals surface area (Å²) >= 11 is 0. The zero-order chi connectivity index (χ0) is 18.7. The van der Waals surface area contributed by atoms with Crippen LogP contribution in [0.2, 0.25) is 0 Å². The maximum atomic E-state index is 11.3. The van der Waals surface area contributed by atoms with E-state index >= 15 is 0 Å². The summed E-state index contributed by atoms with van der Waals surface area (Å²) in [7, 11) is 0. The molecule has 0 saturated heterocycles. The topological polar surface area (TPSA) is 70.3 Å². The van der Waals surface area contributed by atoms with E-state index in [1.54, 1.807) is 0 Å². The SMILES string of the molecule is CC(=O)O[C@H]1CC[C@@]2(C)C(=CC[C@H]3[C@H]2CC[C@]2(C)[C@@H]3CC[C@@]2(O)C#N)C1. The second-order valence-corrected chi connectivity index (χ2v) is 9.70. The van der Waals surface area contributed by atoms with Crippen LogP contribution in [-0.2, 0) is 9.53 Å². The molecule has 0 spiro atoms. The van der Waals surface area contributed by atoms with Crippen molar-refractivity contribution in [2.24, 2.45) is 28.6 Å². The van der Waals surface area contributed by atoms with Crippen molar-refractivity contribution in [2.75, 3.05) is 0 Å². The Morgan fingerprint density at radius 2 is 1.96 bits per heavy atom. The highest BCUT2D eigenvalue weighted by Gasteiger charge is 2.64. The molecule has 3 saturated carbocycles. The van der Waals surface area contributed by atoms with Crippen molar-refractivity contribution in [2.45, 2.75) is 83.8 Å². The number of hydrogen-bond donors (Lipinski definition) is 1. The van der Waals surface area contributed by atoms with Gasteiger partial charge in [-0.05, 0) is 68.1 Å². The summed E-state index contributed by atoms with van der Waals surface area (Å²) < 4.78 is 5.50. The smallest absolute Gasteiger partial charge is 0.302 e. The highest BCUT2D eigenvalue weighted by Crippen LogP contribution is 2.67. The minimum absolute atomic E-state index is 0.0346. The first-order valence-corrected chi connectivity index (χ1v) is 10.2. The molecule has 142 valence electrons. The molecule has 0 aromatic heterocycles. The predicted octanol–water partition coefficient (Wildman–Crippen LogP) is 4.14. The van der Waals surface area contributed by atoms with Crippen molar-refractivity contribution >= 4 is 5.97 Å². The summed E-state index contributed by atoms with van der Waals surface area (Å²) in [6, 6.07) is 2.26. The summed E-state index contributed by atoms with van der Waals surface area (Å²) in [6.07, 6.45) is 10.0. The van der Waals surface area contributed by atoms with E-state index in [2.05, 4.69) is 26.0 Å². The number of esters is 1. The van der Waals surface area contributed by atoms with Crippen molar-refractivity contribution in [1.82, 2.24) is 0 Å². The van der Waals surface area contributed by atoms with Crippen molar-refractivity contribution < 1.29 is 14.6 Å². The highest BCUT2D eigenvalue weighted by atomic mass is 16.5. The standard InChI is InChI=1S/C22H31NO3/c1-14(24)26-16-6-9-20(2)15(12-16)4-5-17-18(20)7-10-21(3)19(17)8-11-22(21,25)13-23/h4,16-19,25H,5-12H2,1-3H3/t16-,17-,18+,19+,20-,21+,22+/m0/s1. The number of nitriles is 1. The molecule has 26 heavy (non-hydrogen) atoms. The molecule has 0 bridgehead atoms. The molecule has 0 heterocycles. The fourth-order valence-electron chi connectivity index (χ4n) is 7.16. The molecular weight excluding hydrogens is 326 g/mol. The molecule has 3 fully saturated rings. The van der Waals surface area contributed by atoms with Crippen LogP contribution in [0, 0.1) is 39.9 Å². The fraction of sp³-hybridized carbons (Fsp3) is 0.818. The number of carbonyl (C=O) groups is 1. The Hall–Kier alpha value is -1.34. The molecule has 0 unspecified atom stereocenters. The third-order valence-electron chi connectivity index (χ3n) is 8.73. The van der Waals surface area contributed by atoms with Crippen LogP contribution in [-0.4, -0.2) is 22.8 Å². The Bertz CT molecular complexity index is 694. The Morgan fingerprint density at radius 3 is 2.65 bits per heavy atom. The predicted molar refractivity (Wildman–Crippen MR) is 97.8 cm³/mol. The zero-order valence-corrected chi connectivity index (χ0v) is 16.3. The number of carbonyl (C=O) groups excluding carboxylic acids is 1. The summed E-state index contributed by atoms with van der Waals surface area (Å²) in [5.41, 5.74) is 0.252. The lowest BCUT2D eigenvalue weighted by atomic mass is 9.47. The van der Waals surface area contributed by atoms with Gasteiger partial charge >= 0.3 is 5.97 Å². The minimum Gasteiger partial charge on any atom is -0.462 e. The second-order valence-electron chi connectivity index (χ2n) is 9.70. The lowest BCUT2D eigenvalue weighted by Gasteiger charge is -2.58. The van der Waals surface area contributed by atoms with E-state index in [0.717, 1.165) is 44.9 Å². The van der Waals surface area contributed by atoms with Gasteiger partial charge in [0.15, 0.2) is 5.60 Å². The Balaban J connectivity index is 1.61. The molecule has 0 aromatic rings. The van der Waals surface area contributed by atoms with Crippen LogP contribution in [0.4, 0.5) is 0 Å². The van der Waals surface area contributed by atoms with Crippen molar-refractivity contribution in [1.29, 1.82) is 5.26 Å². The van der Waals surface area contributed by atoms with E-state index in [0.29, 0.717) is 24.2 Å². The lowest BCUT2D eigenvalue weighted by molar-refractivity contribution is -0.149. The van der Waals surface area contributed by atoms with Crippen LogP contribution in [0.15, 0.2) is 11.6 Å². The molecule has 0 radical (unpaired) electrons. The van der Waals surface area contributed by atoms with Gasteiger partial charge in [0, 0.05) is 18.8 Å². The van der Waals surface area contributed by atoms with Gasteiger partial charge in [0.25, 0.3) is 0 Å². The zero-order valence-electron chi connectivity index (χ0n) is 16.3. The largest absolute Gasteiger partial charge is 0.462 e. The van der Waals surface area contributed by atoms with Gasteiger partial charge in [0.1, 0.15) is 6.10 Å². The maximum absolute atomic E-state index is 11.3. The van der Waals surface area contributed by atoms with Crippen LogP contribution in [0.5, 0.6) is 0 Å². The van der Waals surface area contributed by atoms with E-state index in [-0.39, 0.29) is 22.9 Å². The molecule has 4 rings (SSSR count). The second kappa shape index (κ2) is 5.83. The number of allylic oxidation sites excluding steroid dienone is 1. The van der Waals surface area contributed by atoms with E-state index < -0.39 is 5.60 Å². The number of rotatable bonds is 1. The van der Waals surface area contributed by atoms with E-state index in [1.165, 1.54) is 12.5 Å². The number of aliphatic hydroxyl groups is 1. The first kappa shape index (κ1) is 18.0. The van der Waals surface area contributed by atoms with Crippen molar-refractivity contribution in [3.63, 3.8) is 0 Å². The van der Waals surface area contributed by atoms with E-state index in [4.69, 9.17) is 4.74 Å². The molecule has 0 aromatic carbocycles. The third-order valence-corrected chi connectivity index (χ3v) is 8.73. The Morgan fingerprint density at radius 1 is 1.23 bits per heavy atom. The molecule has 1 N–H and O–H groups in total. The van der Waals surface area contributed by atoms with Gasteiger partial charge < -0.3 is 9.84 Å². The Labute approximate surface area is 156 Å². The fourth-order valence-corrected chi connectivity index (χ4v) is 7.16. The number of hydrogen-bond acceptors (Lipinski definition) is 4. The van der Waals surface area contributed by atoms with Gasteiger partial charge in [-0.2, -0.15) is 5.26 Å². The minimum atomic E-state index is -1.15. The number of fused-ring (bicyclic) bond motifs is 5. The van der Waals surface area contributed by atoms with Gasteiger partial charge in [0.2, 0.25) is 0 Å². The van der Waals surface area contributed by atoms with Gasteiger partial charge in [-0.25, -0.2) is 0 Å². The molecular formula is C22H31NO3. The summed E-state index contributed by atoms with van der Waals surface area (Å²) in [6.45, 7) is 6.06. The highest BCUT2D eigenvalue weighted by molar-refractivity contribution is 5.66. The summed E-state index contributed by atoms with van der Waals surface area (Å²) in [4.78, 5) is 11.3.